The van der Waals surface area contributed by atoms with E-state index in [1.54, 1.807) is 0 Å². The van der Waals surface area contributed by atoms with Gasteiger partial charge in [0.2, 0.25) is 0 Å². The van der Waals surface area contributed by atoms with Gasteiger partial charge in [-0.3, -0.25) is 4.79 Å². The number of fused-ring (bicyclic) bond motifs is 3. The highest BCUT2D eigenvalue weighted by Crippen LogP contribution is 2.40. The molecule has 0 aliphatic heterocycles. The van der Waals surface area contributed by atoms with Crippen LogP contribution in [0.5, 0.6) is 0 Å². The first-order valence-electron chi connectivity index (χ1n) is 5.22. The molecule has 0 radical (unpaired) electrons. The number of carbonyl (C=O) groups excluding carboxylic acids is 1. The largest absolute Gasteiger partial charge is 0.289 e. The fourth-order valence-electron chi connectivity index (χ4n) is 2.18. The van der Waals surface area contributed by atoms with Crippen molar-refractivity contribution in [2.75, 3.05) is 0 Å². The number of aryl methyl sites for hydroxylation is 1. The van der Waals surface area contributed by atoms with Gasteiger partial charge >= 0.3 is 0 Å². The summed E-state index contributed by atoms with van der Waals surface area (Å²) in [5, 5.41) is 0. The third kappa shape index (κ3) is 1.60. The van der Waals surface area contributed by atoms with Crippen LogP contribution in [0.4, 0.5) is 0 Å². The molecule has 0 amide bonds. The minimum Gasteiger partial charge on any atom is -0.289 e. The standard InChI is InChI=1S/C14H8Br2O/c1-7-4-10-9-3-2-8(15)5-11(9)14(17)12(10)6-13(7)16/h2-6H,1H3. The van der Waals surface area contributed by atoms with Crippen LogP contribution in [0.25, 0.3) is 11.1 Å². The third-order valence-electron chi connectivity index (χ3n) is 3.06. The molecular weight excluding hydrogens is 344 g/mol. The van der Waals surface area contributed by atoms with Gasteiger partial charge in [0.1, 0.15) is 0 Å². The smallest absolute Gasteiger partial charge is 0.194 e. The first-order chi connectivity index (χ1) is 8.08. The van der Waals surface area contributed by atoms with Crippen molar-refractivity contribution in [1.29, 1.82) is 0 Å². The summed E-state index contributed by atoms with van der Waals surface area (Å²) in [6.45, 7) is 2.03. The average molecular weight is 352 g/mol. The van der Waals surface area contributed by atoms with E-state index in [0.717, 1.165) is 36.8 Å². The Hall–Kier alpha value is -0.930. The van der Waals surface area contributed by atoms with E-state index in [4.69, 9.17) is 0 Å². The van der Waals surface area contributed by atoms with Crippen LogP contribution in [0, 0.1) is 6.92 Å². The Morgan fingerprint density at radius 2 is 1.59 bits per heavy atom. The van der Waals surface area contributed by atoms with Gasteiger partial charge in [-0.2, -0.15) is 0 Å². The van der Waals surface area contributed by atoms with E-state index in [2.05, 4.69) is 37.9 Å². The van der Waals surface area contributed by atoms with Crippen molar-refractivity contribution in [3.8, 4) is 11.1 Å². The summed E-state index contributed by atoms with van der Waals surface area (Å²) in [5.74, 6) is 0.108. The summed E-state index contributed by atoms with van der Waals surface area (Å²) in [6.07, 6.45) is 0. The topological polar surface area (TPSA) is 17.1 Å². The lowest BCUT2D eigenvalue weighted by Gasteiger charge is -2.03. The van der Waals surface area contributed by atoms with Crippen LogP contribution in [0.2, 0.25) is 0 Å². The van der Waals surface area contributed by atoms with Crippen LogP contribution in [0.3, 0.4) is 0 Å². The molecule has 0 aromatic heterocycles. The molecule has 1 nitrogen and oxygen atoms in total. The van der Waals surface area contributed by atoms with E-state index in [9.17, 15) is 4.79 Å². The van der Waals surface area contributed by atoms with Crippen molar-refractivity contribution < 1.29 is 4.79 Å². The zero-order valence-corrected chi connectivity index (χ0v) is 12.2. The Balaban J connectivity index is 2.35. The van der Waals surface area contributed by atoms with E-state index in [1.165, 1.54) is 0 Å². The van der Waals surface area contributed by atoms with Crippen LogP contribution in [0.15, 0.2) is 39.3 Å². The zero-order chi connectivity index (χ0) is 12.2. The van der Waals surface area contributed by atoms with Gasteiger partial charge < -0.3 is 0 Å². The predicted molar refractivity (Wildman–Crippen MR) is 75.4 cm³/mol. The number of hydrogen-bond donors (Lipinski definition) is 0. The molecule has 1 aliphatic carbocycles. The van der Waals surface area contributed by atoms with Gasteiger partial charge in [-0.15, -0.1) is 0 Å². The van der Waals surface area contributed by atoms with Gasteiger partial charge in [0, 0.05) is 20.1 Å². The van der Waals surface area contributed by atoms with Crippen molar-refractivity contribution in [2.24, 2.45) is 0 Å². The summed E-state index contributed by atoms with van der Waals surface area (Å²) in [4.78, 5) is 12.3. The number of halogens is 2. The van der Waals surface area contributed by atoms with Gasteiger partial charge in [-0.1, -0.05) is 37.9 Å². The van der Waals surface area contributed by atoms with Gasteiger partial charge in [0.05, 0.1) is 0 Å². The van der Waals surface area contributed by atoms with Crippen molar-refractivity contribution in [2.45, 2.75) is 6.92 Å². The molecule has 0 saturated heterocycles. The molecule has 0 unspecified atom stereocenters. The highest BCUT2D eigenvalue weighted by molar-refractivity contribution is 9.10. The molecule has 2 aromatic rings. The number of carbonyl (C=O) groups is 1. The van der Waals surface area contributed by atoms with Crippen molar-refractivity contribution in [1.82, 2.24) is 0 Å². The maximum absolute atomic E-state index is 12.3. The summed E-state index contributed by atoms with van der Waals surface area (Å²) < 4.78 is 1.92. The Kier molecular flexibility index (Phi) is 2.49. The second kappa shape index (κ2) is 3.79. The lowest BCUT2D eigenvalue weighted by Crippen LogP contribution is -1.95. The SMILES string of the molecule is Cc1cc2c(cc1Br)C(=O)c1cc(Br)ccc1-2. The Morgan fingerprint density at radius 1 is 0.882 bits per heavy atom. The molecule has 2 aromatic carbocycles. The van der Waals surface area contributed by atoms with Gasteiger partial charge in [0.15, 0.2) is 5.78 Å². The lowest BCUT2D eigenvalue weighted by atomic mass is 10.0. The Bertz CT molecular complexity index is 660. The van der Waals surface area contributed by atoms with Crippen LogP contribution in [-0.2, 0) is 0 Å². The van der Waals surface area contributed by atoms with Crippen molar-refractivity contribution in [3.05, 3.63) is 56.0 Å². The highest BCUT2D eigenvalue weighted by Gasteiger charge is 2.27. The monoisotopic (exact) mass is 350 g/mol. The van der Waals surface area contributed by atoms with Crippen LogP contribution >= 0.6 is 31.9 Å². The second-order valence-corrected chi connectivity index (χ2v) is 5.94. The van der Waals surface area contributed by atoms with Crippen LogP contribution in [0.1, 0.15) is 21.5 Å². The molecule has 0 spiro atoms. The van der Waals surface area contributed by atoms with Crippen LogP contribution in [-0.4, -0.2) is 5.78 Å². The average Bonchev–Trinajstić information content (AvgIpc) is 2.54. The van der Waals surface area contributed by atoms with Crippen molar-refractivity contribution >= 4 is 37.6 Å². The zero-order valence-electron chi connectivity index (χ0n) is 9.05. The van der Waals surface area contributed by atoms with Gasteiger partial charge in [-0.05, 0) is 47.9 Å². The fourth-order valence-corrected chi connectivity index (χ4v) is 2.88. The van der Waals surface area contributed by atoms with Crippen molar-refractivity contribution in [3.63, 3.8) is 0 Å². The van der Waals surface area contributed by atoms with Gasteiger partial charge in [0.25, 0.3) is 0 Å². The summed E-state index contributed by atoms with van der Waals surface area (Å²) >= 11 is 6.88. The molecule has 17 heavy (non-hydrogen) atoms. The highest BCUT2D eigenvalue weighted by atomic mass is 79.9. The van der Waals surface area contributed by atoms with E-state index in [1.807, 2.05) is 31.2 Å². The molecule has 0 heterocycles. The first kappa shape index (κ1) is 11.2. The molecule has 1 aliphatic rings. The van der Waals surface area contributed by atoms with E-state index in [0.29, 0.717) is 0 Å². The van der Waals surface area contributed by atoms with Gasteiger partial charge in [-0.25, -0.2) is 0 Å². The Labute approximate surface area is 116 Å². The molecule has 0 saturated carbocycles. The number of ketones is 1. The predicted octanol–water partition coefficient (Wildman–Crippen LogP) is 4.73. The minimum absolute atomic E-state index is 0.108. The minimum atomic E-state index is 0.108. The molecule has 3 rings (SSSR count). The Morgan fingerprint density at radius 3 is 2.35 bits per heavy atom. The summed E-state index contributed by atoms with van der Waals surface area (Å²) in [7, 11) is 0. The molecule has 84 valence electrons. The molecule has 0 N–H and O–H groups in total. The maximum atomic E-state index is 12.3. The third-order valence-corrected chi connectivity index (χ3v) is 4.41. The molecular formula is C14H8Br2O. The first-order valence-corrected chi connectivity index (χ1v) is 6.81. The van der Waals surface area contributed by atoms with E-state index < -0.39 is 0 Å². The lowest BCUT2D eigenvalue weighted by molar-refractivity contribution is 0.104. The van der Waals surface area contributed by atoms with E-state index in [-0.39, 0.29) is 5.78 Å². The molecule has 3 heteroatoms. The number of benzene rings is 2. The quantitative estimate of drug-likeness (QED) is 0.572. The number of rotatable bonds is 0. The molecule has 0 bridgehead atoms. The fraction of sp³-hybridized carbons (Fsp3) is 0.0714. The second-order valence-electron chi connectivity index (χ2n) is 4.17. The van der Waals surface area contributed by atoms with E-state index >= 15 is 0 Å². The molecule has 0 atom stereocenters. The van der Waals surface area contributed by atoms with Crippen LogP contribution < -0.4 is 0 Å². The summed E-state index contributed by atoms with van der Waals surface area (Å²) in [6, 6.07) is 9.84. The normalized spacial score (nSPS) is 12.5. The number of hydrogen-bond acceptors (Lipinski definition) is 1. The summed E-state index contributed by atoms with van der Waals surface area (Å²) in [5.41, 5.74) is 4.79. The maximum Gasteiger partial charge on any atom is 0.194 e. The molecule has 0 fully saturated rings.